The van der Waals surface area contributed by atoms with Gasteiger partial charge in [-0.2, -0.15) is 0 Å². The SMILES string of the molecule is CC1(c2cccc(F)c2F)CNCC1C(=O)O. The number of rotatable bonds is 2. The quantitative estimate of drug-likeness (QED) is 0.825. The van der Waals surface area contributed by atoms with Crippen LogP contribution in [0.4, 0.5) is 8.78 Å². The Kier molecular flexibility index (Phi) is 2.87. The van der Waals surface area contributed by atoms with Crippen LogP contribution in [0.2, 0.25) is 0 Å². The van der Waals surface area contributed by atoms with Crippen molar-refractivity contribution in [2.45, 2.75) is 12.3 Å². The molecule has 2 N–H and O–H groups in total. The standard InChI is InChI=1S/C12H13F2NO2/c1-12(6-15-5-8(12)11(16)17)7-3-2-4-9(13)10(7)14/h2-4,8,15H,5-6H2,1H3,(H,16,17). The van der Waals surface area contributed by atoms with Crippen LogP contribution in [0.1, 0.15) is 12.5 Å². The Labute approximate surface area is 97.5 Å². The van der Waals surface area contributed by atoms with Crippen LogP contribution in [-0.4, -0.2) is 24.2 Å². The number of carboxylic acids is 1. The number of nitrogens with one attached hydrogen (secondary N) is 1. The first-order chi connectivity index (χ1) is 7.97. The first kappa shape index (κ1) is 12.0. The molecule has 17 heavy (non-hydrogen) atoms. The number of benzene rings is 1. The van der Waals surface area contributed by atoms with Gasteiger partial charge in [0.05, 0.1) is 5.92 Å². The van der Waals surface area contributed by atoms with Gasteiger partial charge in [-0.05, 0) is 11.6 Å². The molecule has 0 spiro atoms. The first-order valence-electron chi connectivity index (χ1n) is 5.35. The lowest BCUT2D eigenvalue weighted by Crippen LogP contribution is -2.37. The van der Waals surface area contributed by atoms with Gasteiger partial charge in [0.25, 0.3) is 0 Å². The Morgan fingerprint density at radius 3 is 2.88 bits per heavy atom. The molecule has 0 bridgehead atoms. The normalized spacial score (nSPS) is 28.3. The Morgan fingerprint density at radius 2 is 2.24 bits per heavy atom. The number of halogens is 2. The largest absolute Gasteiger partial charge is 0.481 e. The van der Waals surface area contributed by atoms with E-state index in [1.165, 1.54) is 12.1 Å². The molecule has 5 heteroatoms. The highest BCUT2D eigenvalue weighted by Crippen LogP contribution is 2.37. The third-order valence-corrected chi connectivity index (χ3v) is 3.47. The van der Waals surface area contributed by atoms with E-state index in [1.807, 2.05) is 0 Å². The molecule has 0 aliphatic carbocycles. The zero-order valence-corrected chi connectivity index (χ0v) is 9.34. The maximum absolute atomic E-state index is 13.7. The summed E-state index contributed by atoms with van der Waals surface area (Å²) in [6.07, 6.45) is 0. The summed E-state index contributed by atoms with van der Waals surface area (Å²) < 4.78 is 26.9. The number of carboxylic acid groups (broad SMARTS) is 1. The highest BCUT2D eigenvalue weighted by atomic mass is 19.2. The minimum absolute atomic E-state index is 0.120. The smallest absolute Gasteiger partial charge is 0.308 e. The second-order valence-electron chi connectivity index (χ2n) is 4.54. The fourth-order valence-corrected chi connectivity index (χ4v) is 2.41. The number of hydrogen-bond acceptors (Lipinski definition) is 2. The molecule has 2 unspecified atom stereocenters. The van der Waals surface area contributed by atoms with Crippen molar-refractivity contribution in [1.82, 2.24) is 5.32 Å². The summed E-state index contributed by atoms with van der Waals surface area (Å²) in [5.41, 5.74) is -0.798. The van der Waals surface area contributed by atoms with Crippen molar-refractivity contribution in [3.8, 4) is 0 Å². The van der Waals surface area contributed by atoms with Crippen molar-refractivity contribution in [2.24, 2.45) is 5.92 Å². The monoisotopic (exact) mass is 241 g/mol. The van der Waals surface area contributed by atoms with Gasteiger partial charge in [-0.1, -0.05) is 19.1 Å². The van der Waals surface area contributed by atoms with Gasteiger partial charge >= 0.3 is 5.97 Å². The average molecular weight is 241 g/mol. The second kappa shape index (κ2) is 4.07. The van der Waals surface area contributed by atoms with E-state index in [0.29, 0.717) is 6.54 Å². The summed E-state index contributed by atoms with van der Waals surface area (Å²) in [6, 6.07) is 3.87. The highest BCUT2D eigenvalue weighted by molar-refractivity contribution is 5.73. The Morgan fingerprint density at radius 1 is 1.53 bits per heavy atom. The highest BCUT2D eigenvalue weighted by Gasteiger charge is 2.46. The topological polar surface area (TPSA) is 49.3 Å². The molecule has 1 aliphatic rings. The zero-order valence-electron chi connectivity index (χ0n) is 9.34. The number of aliphatic carboxylic acids is 1. The van der Waals surface area contributed by atoms with Crippen LogP contribution in [0.3, 0.4) is 0 Å². The molecule has 2 rings (SSSR count). The van der Waals surface area contributed by atoms with Crippen LogP contribution in [-0.2, 0) is 10.2 Å². The molecule has 0 saturated carbocycles. The van der Waals surface area contributed by atoms with Crippen LogP contribution in [0.25, 0.3) is 0 Å². The molecule has 3 nitrogen and oxygen atoms in total. The minimum atomic E-state index is -0.999. The molecule has 0 amide bonds. The van der Waals surface area contributed by atoms with E-state index in [1.54, 1.807) is 6.92 Å². The molecular weight excluding hydrogens is 228 g/mol. The van der Waals surface area contributed by atoms with E-state index in [9.17, 15) is 13.6 Å². The van der Waals surface area contributed by atoms with E-state index >= 15 is 0 Å². The average Bonchev–Trinajstić information content (AvgIpc) is 2.65. The molecule has 0 aromatic heterocycles. The summed E-state index contributed by atoms with van der Waals surface area (Å²) in [5.74, 6) is -3.65. The predicted molar refractivity (Wildman–Crippen MR) is 57.7 cm³/mol. The van der Waals surface area contributed by atoms with Gasteiger partial charge in [0.2, 0.25) is 0 Å². The Balaban J connectivity index is 2.50. The van der Waals surface area contributed by atoms with Gasteiger partial charge in [-0.3, -0.25) is 4.79 Å². The summed E-state index contributed by atoms with van der Waals surface area (Å²) in [5, 5.41) is 12.0. The molecule has 2 atom stereocenters. The predicted octanol–water partition coefficient (Wildman–Crippen LogP) is 1.53. The van der Waals surface area contributed by atoms with Crippen LogP contribution >= 0.6 is 0 Å². The van der Waals surface area contributed by atoms with Gasteiger partial charge in [0.1, 0.15) is 0 Å². The van der Waals surface area contributed by atoms with Crippen molar-refractivity contribution >= 4 is 5.97 Å². The first-order valence-corrected chi connectivity index (χ1v) is 5.35. The van der Waals surface area contributed by atoms with Crippen LogP contribution < -0.4 is 5.32 Å². The van der Waals surface area contributed by atoms with Crippen molar-refractivity contribution < 1.29 is 18.7 Å². The summed E-state index contributed by atoms with van der Waals surface area (Å²) in [4.78, 5) is 11.1. The van der Waals surface area contributed by atoms with Crippen molar-refractivity contribution in [3.05, 3.63) is 35.4 Å². The lowest BCUT2D eigenvalue weighted by molar-refractivity contribution is -0.142. The van der Waals surface area contributed by atoms with Gasteiger partial charge in [-0.15, -0.1) is 0 Å². The maximum Gasteiger partial charge on any atom is 0.308 e. The van der Waals surface area contributed by atoms with Gasteiger partial charge in [-0.25, -0.2) is 8.78 Å². The third-order valence-electron chi connectivity index (χ3n) is 3.47. The van der Waals surface area contributed by atoms with E-state index in [2.05, 4.69) is 5.32 Å². The lowest BCUT2D eigenvalue weighted by atomic mass is 9.74. The molecule has 1 heterocycles. The van der Waals surface area contributed by atoms with Crippen LogP contribution in [0.5, 0.6) is 0 Å². The second-order valence-corrected chi connectivity index (χ2v) is 4.54. The lowest BCUT2D eigenvalue weighted by Gasteiger charge is -2.28. The van der Waals surface area contributed by atoms with E-state index < -0.39 is 28.9 Å². The van der Waals surface area contributed by atoms with Crippen LogP contribution in [0, 0.1) is 17.6 Å². The third kappa shape index (κ3) is 1.80. The molecule has 1 aromatic carbocycles. The summed E-state index contributed by atoms with van der Waals surface area (Å²) in [7, 11) is 0. The van der Waals surface area contributed by atoms with Crippen molar-refractivity contribution in [2.75, 3.05) is 13.1 Å². The fourth-order valence-electron chi connectivity index (χ4n) is 2.41. The minimum Gasteiger partial charge on any atom is -0.481 e. The molecule has 0 radical (unpaired) electrons. The fraction of sp³-hybridized carbons (Fsp3) is 0.417. The number of carbonyl (C=O) groups is 1. The van der Waals surface area contributed by atoms with Gasteiger partial charge in [0.15, 0.2) is 11.6 Å². The molecule has 1 aromatic rings. The van der Waals surface area contributed by atoms with Gasteiger partial charge in [0, 0.05) is 18.5 Å². The van der Waals surface area contributed by atoms with Crippen molar-refractivity contribution in [1.29, 1.82) is 0 Å². The zero-order chi connectivity index (χ0) is 12.6. The molecule has 1 aliphatic heterocycles. The van der Waals surface area contributed by atoms with E-state index in [0.717, 1.165) is 6.07 Å². The van der Waals surface area contributed by atoms with E-state index in [-0.39, 0.29) is 12.1 Å². The summed E-state index contributed by atoms with van der Waals surface area (Å²) >= 11 is 0. The molecular formula is C12H13F2NO2. The number of hydrogen-bond donors (Lipinski definition) is 2. The van der Waals surface area contributed by atoms with Crippen LogP contribution in [0.15, 0.2) is 18.2 Å². The van der Waals surface area contributed by atoms with Gasteiger partial charge < -0.3 is 10.4 Å². The molecule has 1 saturated heterocycles. The Hall–Kier alpha value is -1.49. The van der Waals surface area contributed by atoms with Crippen molar-refractivity contribution in [3.63, 3.8) is 0 Å². The molecule has 92 valence electrons. The van der Waals surface area contributed by atoms with E-state index in [4.69, 9.17) is 5.11 Å². The Bertz CT molecular complexity index is 464. The maximum atomic E-state index is 13.7. The molecule has 1 fully saturated rings. The summed E-state index contributed by atoms with van der Waals surface area (Å²) in [6.45, 7) is 2.23.